The van der Waals surface area contributed by atoms with Gasteiger partial charge >= 0.3 is 0 Å². The van der Waals surface area contributed by atoms with Gasteiger partial charge in [0.05, 0.1) is 18.0 Å². The Morgan fingerprint density at radius 3 is 2.65 bits per heavy atom. The number of benzene rings is 3. The molecule has 1 saturated heterocycles. The number of nitrogens with zero attached hydrogens (tertiary/aromatic N) is 1. The van der Waals surface area contributed by atoms with E-state index in [0.29, 0.717) is 29.2 Å². The molecule has 4 bridgehead atoms. The number of fused-ring (bicyclic) bond motifs is 5. The number of hydrogen-bond donors (Lipinski definition) is 3. The van der Waals surface area contributed by atoms with Gasteiger partial charge in [-0.2, -0.15) is 4.31 Å². The molecule has 0 spiro atoms. The molecule has 14 heteroatoms. The number of sulfonamides is 1. The fourth-order valence-corrected chi connectivity index (χ4v) is 6.91. The number of hydrogen-bond acceptors (Lipinski definition) is 8. The van der Waals surface area contributed by atoms with E-state index < -0.39 is 40.5 Å². The van der Waals surface area contributed by atoms with Crippen LogP contribution in [0.15, 0.2) is 65.6 Å². The Kier molecular flexibility index (Phi) is 10.1. The van der Waals surface area contributed by atoms with Gasteiger partial charge in [0.15, 0.2) is 18.1 Å². The van der Waals surface area contributed by atoms with Gasteiger partial charge in [0.2, 0.25) is 21.8 Å². The molecule has 0 unspecified atom stereocenters. The van der Waals surface area contributed by atoms with E-state index in [1.807, 2.05) is 0 Å². The number of carbonyl (C=O) groups is 3. The molecule has 0 radical (unpaired) electrons. The Balaban J connectivity index is 1.43. The number of anilines is 1. The van der Waals surface area contributed by atoms with Gasteiger partial charge in [-0.25, -0.2) is 12.8 Å². The number of halogens is 1. The molecular weight excluding hydrogens is 619 g/mol. The molecule has 3 aromatic rings. The van der Waals surface area contributed by atoms with Crippen LogP contribution in [0.1, 0.15) is 30.9 Å². The first-order valence-electron chi connectivity index (χ1n) is 14.7. The summed E-state index contributed by atoms with van der Waals surface area (Å²) < 4.78 is 60.6. The molecule has 1 fully saturated rings. The minimum absolute atomic E-state index is 0.0308. The molecule has 2 aliphatic heterocycles. The molecule has 2 heterocycles. The number of piperidine rings is 1. The van der Waals surface area contributed by atoms with E-state index in [4.69, 9.17) is 14.2 Å². The van der Waals surface area contributed by atoms with Crippen molar-refractivity contribution >= 4 is 33.4 Å². The van der Waals surface area contributed by atoms with Crippen molar-refractivity contribution in [2.45, 2.75) is 49.8 Å². The summed E-state index contributed by atoms with van der Waals surface area (Å²) in [6.45, 7) is 0.863. The number of rotatable bonds is 4. The lowest BCUT2D eigenvalue weighted by Crippen LogP contribution is -2.58. The van der Waals surface area contributed by atoms with E-state index in [9.17, 15) is 27.2 Å². The minimum Gasteiger partial charge on any atom is -0.493 e. The van der Waals surface area contributed by atoms with Gasteiger partial charge in [-0.15, -0.1) is 0 Å². The zero-order valence-corrected chi connectivity index (χ0v) is 26.2. The summed E-state index contributed by atoms with van der Waals surface area (Å²) in [5, 5.41) is 8.22. The first kappa shape index (κ1) is 32.7. The third kappa shape index (κ3) is 8.12. The van der Waals surface area contributed by atoms with E-state index in [2.05, 4.69) is 16.0 Å². The fraction of sp³-hybridized carbons (Fsp3) is 0.344. The Morgan fingerprint density at radius 2 is 1.87 bits per heavy atom. The maximum atomic E-state index is 14.6. The topological polar surface area (TPSA) is 152 Å². The molecule has 5 rings (SSSR count). The second kappa shape index (κ2) is 14.2. The van der Waals surface area contributed by atoms with Crippen molar-refractivity contribution in [3.8, 4) is 17.2 Å². The van der Waals surface area contributed by atoms with Gasteiger partial charge in [0, 0.05) is 51.2 Å². The highest BCUT2D eigenvalue weighted by Gasteiger charge is 2.38. The number of amides is 3. The summed E-state index contributed by atoms with van der Waals surface area (Å²) in [5.41, 5.74) is 1.58. The van der Waals surface area contributed by atoms with Gasteiger partial charge in [-0.1, -0.05) is 12.1 Å². The highest BCUT2D eigenvalue weighted by atomic mass is 32.2. The third-order valence-electron chi connectivity index (χ3n) is 7.59. The monoisotopic (exact) mass is 654 g/mol. The first-order valence-corrected chi connectivity index (χ1v) is 16.1. The highest BCUT2D eigenvalue weighted by Crippen LogP contribution is 2.30. The number of nitrogens with one attached hydrogen (secondary N) is 3. The summed E-state index contributed by atoms with van der Waals surface area (Å²) in [7, 11) is -2.58. The van der Waals surface area contributed by atoms with Crippen molar-refractivity contribution in [3.05, 3.63) is 77.6 Å². The number of aryl methyl sites for hydroxylation is 1. The lowest BCUT2D eigenvalue weighted by Gasteiger charge is -2.38. The summed E-state index contributed by atoms with van der Waals surface area (Å²) in [6, 6.07) is 14.3. The zero-order valence-electron chi connectivity index (χ0n) is 25.4. The van der Waals surface area contributed by atoms with Crippen LogP contribution >= 0.6 is 0 Å². The Hall–Kier alpha value is -4.69. The molecule has 244 valence electrons. The zero-order chi connectivity index (χ0) is 32.8. The largest absolute Gasteiger partial charge is 0.493 e. The summed E-state index contributed by atoms with van der Waals surface area (Å²) in [5.74, 6) is -0.822. The second-order valence-corrected chi connectivity index (χ2v) is 13.0. The summed E-state index contributed by atoms with van der Waals surface area (Å²) in [4.78, 5) is 37.3. The average molecular weight is 655 g/mol. The van der Waals surface area contributed by atoms with Crippen molar-refractivity contribution in [1.82, 2.24) is 14.9 Å². The van der Waals surface area contributed by atoms with Crippen LogP contribution in [0.5, 0.6) is 17.2 Å². The third-order valence-corrected chi connectivity index (χ3v) is 9.45. The van der Waals surface area contributed by atoms with Crippen LogP contribution < -0.4 is 30.2 Å². The molecular formula is C32H35FN4O8S. The van der Waals surface area contributed by atoms with E-state index >= 15 is 0 Å². The quantitative estimate of drug-likeness (QED) is 0.389. The number of carbonyl (C=O) groups excluding carboxylic acids is 3. The van der Waals surface area contributed by atoms with Crippen molar-refractivity contribution in [1.29, 1.82) is 0 Å². The van der Waals surface area contributed by atoms with Crippen LogP contribution in [-0.4, -0.2) is 69.4 Å². The highest BCUT2D eigenvalue weighted by molar-refractivity contribution is 7.89. The molecule has 2 atom stereocenters. The standard InChI is InChI=1S/C32H35FN4O8S/c1-20(38)35-24-4-3-5-26(16-24)46(41,42)37-11-10-28-27(18-37)36-32(40)19-44-30-14-21(6-8-29(30)43-2)7-9-31(39)34-17-22-12-23(33)15-25(13-22)45-28/h3-6,8,12-16,27-28H,7,9-11,17-19H2,1-2H3,(H,34,39)(H,35,38)(H,36,40)/t27-,28-/m1/s1. The summed E-state index contributed by atoms with van der Waals surface area (Å²) in [6.07, 6.45) is -0.0138. The van der Waals surface area contributed by atoms with Gasteiger partial charge in [0.1, 0.15) is 17.7 Å². The van der Waals surface area contributed by atoms with Crippen LogP contribution in [0.3, 0.4) is 0 Å². The number of methoxy groups -OCH3 is 1. The SMILES string of the molecule is COc1ccc2cc1OCC(=O)N[C@@H]1CN(S(=O)(=O)c3cccc(NC(C)=O)c3)CC[C@H]1Oc1cc(F)cc(c1)CNC(=O)CC2. The van der Waals surface area contributed by atoms with Crippen molar-refractivity contribution in [2.24, 2.45) is 0 Å². The van der Waals surface area contributed by atoms with Gasteiger partial charge in [-0.05, 0) is 60.0 Å². The van der Waals surface area contributed by atoms with Crippen LogP contribution in [-0.2, 0) is 37.4 Å². The van der Waals surface area contributed by atoms with Gasteiger partial charge in [-0.3, -0.25) is 14.4 Å². The maximum absolute atomic E-state index is 14.6. The second-order valence-electron chi connectivity index (χ2n) is 11.0. The Morgan fingerprint density at radius 1 is 1.04 bits per heavy atom. The molecule has 0 aliphatic carbocycles. The van der Waals surface area contributed by atoms with Gasteiger partial charge in [0.25, 0.3) is 5.91 Å². The molecule has 3 aromatic carbocycles. The van der Waals surface area contributed by atoms with Crippen LogP contribution in [0, 0.1) is 5.82 Å². The summed E-state index contributed by atoms with van der Waals surface area (Å²) >= 11 is 0. The molecule has 3 amide bonds. The predicted octanol–water partition coefficient (Wildman–Crippen LogP) is 2.76. The smallest absolute Gasteiger partial charge is 0.258 e. The first-order chi connectivity index (χ1) is 22.0. The molecule has 3 N–H and O–H groups in total. The van der Waals surface area contributed by atoms with E-state index in [-0.39, 0.29) is 54.9 Å². The van der Waals surface area contributed by atoms with E-state index in [1.165, 1.54) is 48.7 Å². The maximum Gasteiger partial charge on any atom is 0.258 e. The van der Waals surface area contributed by atoms with Crippen molar-refractivity contribution in [2.75, 3.05) is 32.1 Å². The lowest BCUT2D eigenvalue weighted by molar-refractivity contribution is -0.125. The molecule has 0 saturated carbocycles. The lowest BCUT2D eigenvalue weighted by atomic mass is 10.0. The van der Waals surface area contributed by atoms with E-state index in [1.54, 1.807) is 30.3 Å². The van der Waals surface area contributed by atoms with Crippen molar-refractivity contribution < 1.29 is 41.4 Å². The van der Waals surface area contributed by atoms with Crippen LogP contribution in [0.2, 0.25) is 0 Å². The Labute approximate surface area is 266 Å². The minimum atomic E-state index is -4.05. The molecule has 12 nitrogen and oxygen atoms in total. The Bertz CT molecular complexity index is 1730. The van der Waals surface area contributed by atoms with Crippen molar-refractivity contribution in [3.63, 3.8) is 0 Å². The van der Waals surface area contributed by atoms with E-state index in [0.717, 1.165) is 5.56 Å². The average Bonchev–Trinajstić information content (AvgIpc) is 3.01. The van der Waals surface area contributed by atoms with Gasteiger partial charge < -0.3 is 30.2 Å². The number of ether oxygens (including phenoxy) is 3. The molecule has 46 heavy (non-hydrogen) atoms. The molecule has 0 aromatic heterocycles. The van der Waals surface area contributed by atoms with Crippen LogP contribution in [0.25, 0.3) is 0 Å². The molecule has 2 aliphatic rings. The predicted molar refractivity (Wildman–Crippen MR) is 166 cm³/mol. The fourth-order valence-electron chi connectivity index (χ4n) is 5.38. The normalized spacial score (nSPS) is 19.5. The van der Waals surface area contributed by atoms with Crippen LogP contribution in [0.4, 0.5) is 10.1 Å².